The molecule has 7 nitrogen and oxygen atoms in total. The van der Waals surface area contributed by atoms with Crippen molar-refractivity contribution in [1.29, 1.82) is 0 Å². The van der Waals surface area contributed by atoms with Gasteiger partial charge >= 0.3 is 6.43 Å². The maximum absolute atomic E-state index is 14.5. The first kappa shape index (κ1) is 20.0. The fourth-order valence-corrected chi connectivity index (χ4v) is 3.72. The van der Waals surface area contributed by atoms with Crippen LogP contribution in [-0.4, -0.2) is 30.0 Å². The van der Waals surface area contributed by atoms with Gasteiger partial charge in [-0.1, -0.05) is 12.1 Å². The van der Waals surface area contributed by atoms with Gasteiger partial charge in [0.2, 0.25) is 5.89 Å². The predicted molar refractivity (Wildman–Crippen MR) is 103 cm³/mol. The molecule has 1 saturated heterocycles. The Hall–Kier alpha value is -2.95. The second-order valence-electron chi connectivity index (χ2n) is 7.31. The molecular formula is C21H19F3N4O3. The normalized spacial score (nSPS) is 20.8. The van der Waals surface area contributed by atoms with Crippen LogP contribution in [0.5, 0.6) is 5.75 Å². The fraction of sp³-hybridized carbons (Fsp3) is 0.333. The Balaban J connectivity index is 1.40. The molecule has 2 aromatic carbocycles. The van der Waals surface area contributed by atoms with Crippen LogP contribution in [0.4, 0.5) is 13.2 Å². The van der Waals surface area contributed by atoms with E-state index in [9.17, 15) is 13.2 Å². The molecule has 3 aromatic rings. The average molecular weight is 432 g/mol. The van der Waals surface area contributed by atoms with Crippen molar-refractivity contribution < 1.29 is 27.1 Å². The number of aromatic nitrogens is 2. The quantitative estimate of drug-likeness (QED) is 0.637. The minimum Gasteiger partial charge on any atom is -0.468 e. The first-order chi connectivity index (χ1) is 15.1. The van der Waals surface area contributed by atoms with Crippen LogP contribution in [0, 0.1) is 5.82 Å². The van der Waals surface area contributed by atoms with Crippen LogP contribution in [0.3, 0.4) is 0 Å². The first-order valence-corrected chi connectivity index (χ1v) is 9.84. The SMILES string of the molecule is Fc1ccc(C2COCCN2)cc1OC1NCc2ccc(-c3nnc(C(F)F)o3)cc21. The topological polar surface area (TPSA) is 81.4 Å². The van der Waals surface area contributed by atoms with Gasteiger partial charge in [0.1, 0.15) is 0 Å². The Bertz CT molecular complexity index is 1090. The summed E-state index contributed by atoms with van der Waals surface area (Å²) in [7, 11) is 0. The summed E-state index contributed by atoms with van der Waals surface area (Å²) in [5, 5.41) is 13.6. The number of alkyl halides is 2. The molecule has 2 aliphatic heterocycles. The maximum Gasteiger partial charge on any atom is 0.314 e. The molecule has 1 aromatic heterocycles. The van der Waals surface area contributed by atoms with Crippen molar-refractivity contribution in [3.63, 3.8) is 0 Å². The molecule has 3 heterocycles. The molecule has 0 bridgehead atoms. The molecular weight excluding hydrogens is 413 g/mol. The standard InChI is InChI=1S/C21H19F3N4O3/c22-15-4-3-11(16-10-29-6-5-25-16)8-17(15)30-20-14-7-12(1-2-13(14)9-26-20)19-27-28-21(31-19)18(23)24/h1-4,7-8,16,18,20,25-26H,5-6,9-10H2. The van der Waals surface area contributed by atoms with E-state index in [1.165, 1.54) is 6.07 Å². The zero-order chi connectivity index (χ0) is 21.4. The zero-order valence-corrected chi connectivity index (χ0v) is 16.3. The molecule has 2 N–H and O–H groups in total. The van der Waals surface area contributed by atoms with E-state index in [2.05, 4.69) is 20.8 Å². The molecule has 2 atom stereocenters. The summed E-state index contributed by atoms with van der Waals surface area (Å²) in [6, 6.07) is 9.97. The Morgan fingerprint density at radius 1 is 1.10 bits per heavy atom. The Labute approximate surface area is 175 Å². The number of nitrogens with one attached hydrogen (secondary N) is 2. The third-order valence-corrected chi connectivity index (χ3v) is 5.30. The smallest absolute Gasteiger partial charge is 0.314 e. The third kappa shape index (κ3) is 4.01. The maximum atomic E-state index is 14.5. The number of hydrogen-bond acceptors (Lipinski definition) is 7. The van der Waals surface area contributed by atoms with Gasteiger partial charge in [-0.15, -0.1) is 10.2 Å². The van der Waals surface area contributed by atoms with Crippen molar-refractivity contribution in [2.45, 2.75) is 25.2 Å². The second kappa shape index (κ2) is 8.29. The van der Waals surface area contributed by atoms with Gasteiger partial charge in [-0.25, -0.2) is 4.39 Å². The van der Waals surface area contributed by atoms with Crippen molar-refractivity contribution in [3.8, 4) is 17.2 Å². The van der Waals surface area contributed by atoms with E-state index in [4.69, 9.17) is 13.9 Å². The molecule has 2 unspecified atom stereocenters. The monoisotopic (exact) mass is 432 g/mol. The first-order valence-electron chi connectivity index (χ1n) is 9.84. The molecule has 5 rings (SSSR count). The van der Waals surface area contributed by atoms with Crippen molar-refractivity contribution >= 4 is 0 Å². The van der Waals surface area contributed by atoms with Crippen molar-refractivity contribution in [1.82, 2.24) is 20.8 Å². The summed E-state index contributed by atoms with van der Waals surface area (Å²) < 4.78 is 56.5. The van der Waals surface area contributed by atoms with Gasteiger partial charge in [0.15, 0.2) is 17.8 Å². The van der Waals surface area contributed by atoms with Gasteiger partial charge in [-0.05, 0) is 35.4 Å². The molecule has 0 radical (unpaired) electrons. The zero-order valence-electron chi connectivity index (χ0n) is 16.3. The molecule has 1 fully saturated rings. The van der Waals surface area contributed by atoms with E-state index in [0.29, 0.717) is 25.3 Å². The summed E-state index contributed by atoms with van der Waals surface area (Å²) in [6.45, 7) is 2.39. The highest BCUT2D eigenvalue weighted by atomic mass is 19.3. The molecule has 0 spiro atoms. The molecule has 0 amide bonds. The Morgan fingerprint density at radius 3 is 2.77 bits per heavy atom. The van der Waals surface area contributed by atoms with Gasteiger partial charge in [0, 0.05) is 24.2 Å². The minimum absolute atomic E-state index is 0.0136. The van der Waals surface area contributed by atoms with Crippen molar-refractivity contribution in [3.05, 3.63) is 64.8 Å². The Kier molecular flexibility index (Phi) is 5.34. The summed E-state index contributed by atoms with van der Waals surface area (Å²) >= 11 is 0. The lowest BCUT2D eigenvalue weighted by molar-refractivity contribution is 0.0766. The number of nitrogens with zero attached hydrogens (tertiary/aromatic N) is 2. The summed E-state index contributed by atoms with van der Waals surface area (Å²) in [4.78, 5) is 0. The number of ether oxygens (including phenoxy) is 2. The number of rotatable bonds is 5. The minimum atomic E-state index is -2.84. The van der Waals surface area contributed by atoms with Crippen molar-refractivity contribution in [2.24, 2.45) is 0 Å². The average Bonchev–Trinajstić information content (AvgIpc) is 3.43. The van der Waals surface area contributed by atoms with Crippen molar-refractivity contribution in [2.75, 3.05) is 19.8 Å². The number of hydrogen-bond donors (Lipinski definition) is 2. The Morgan fingerprint density at radius 2 is 2.00 bits per heavy atom. The van der Waals surface area contributed by atoms with Crippen LogP contribution >= 0.6 is 0 Å². The molecule has 162 valence electrons. The van der Waals surface area contributed by atoms with E-state index in [0.717, 1.165) is 23.2 Å². The van der Waals surface area contributed by atoms with Gasteiger partial charge in [0.25, 0.3) is 5.89 Å². The highest BCUT2D eigenvalue weighted by Gasteiger charge is 2.27. The lowest BCUT2D eigenvalue weighted by Crippen LogP contribution is -2.34. The number of benzene rings is 2. The summed E-state index contributed by atoms with van der Waals surface area (Å²) in [6.07, 6.45) is -3.46. The van der Waals surface area contributed by atoms with Gasteiger partial charge in [0.05, 0.1) is 19.3 Å². The highest BCUT2D eigenvalue weighted by molar-refractivity contribution is 5.57. The summed E-state index contributed by atoms with van der Waals surface area (Å²) in [5.74, 6) is -1.12. The molecule has 31 heavy (non-hydrogen) atoms. The third-order valence-electron chi connectivity index (χ3n) is 5.30. The second-order valence-corrected chi connectivity index (χ2v) is 7.31. The molecule has 2 aliphatic rings. The van der Waals surface area contributed by atoms with E-state index in [1.807, 2.05) is 6.07 Å². The summed E-state index contributed by atoms with van der Waals surface area (Å²) in [5.41, 5.74) is 3.04. The molecule has 10 heteroatoms. The van der Waals surface area contributed by atoms with Crippen LogP contribution in [0.1, 0.15) is 41.3 Å². The highest BCUT2D eigenvalue weighted by Crippen LogP contribution is 2.34. The van der Waals surface area contributed by atoms with Gasteiger partial charge in [-0.2, -0.15) is 8.78 Å². The van der Waals surface area contributed by atoms with Gasteiger partial charge in [-0.3, -0.25) is 5.32 Å². The van der Waals surface area contributed by atoms with Crippen LogP contribution in [-0.2, 0) is 11.3 Å². The van der Waals surface area contributed by atoms with E-state index in [1.54, 1.807) is 24.3 Å². The fourth-order valence-electron chi connectivity index (χ4n) is 3.72. The molecule has 0 saturated carbocycles. The lowest BCUT2D eigenvalue weighted by Gasteiger charge is -2.25. The number of halogens is 3. The molecule has 0 aliphatic carbocycles. The van der Waals surface area contributed by atoms with E-state index in [-0.39, 0.29) is 17.7 Å². The lowest BCUT2D eigenvalue weighted by atomic mass is 10.0. The number of fused-ring (bicyclic) bond motifs is 1. The van der Waals surface area contributed by atoms with Crippen LogP contribution in [0.2, 0.25) is 0 Å². The van der Waals surface area contributed by atoms with Gasteiger partial charge < -0.3 is 19.2 Å². The van der Waals surface area contributed by atoms with E-state index < -0.39 is 24.4 Å². The van der Waals surface area contributed by atoms with Crippen LogP contribution in [0.15, 0.2) is 40.8 Å². The largest absolute Gasteiger partial charge is 0.468 e. The van der Waals surface area contributed by atoms with Crippen LogP contribution < -0.4 is 15.4 Å². The predicted octanol–water partition coefficient (Wildman–Crippen LogP) is 3.66. The van der Waals surface area contributed by atoms with E-state index >= 15 is 0 Å². The van der Waals surface area contributed by atoms with Crippen LogP contribution in [0.25, 0.3) is 11.5 Å². The number of morpholine rings is 1.